The molecular weight excluding hydrogens is 234 g/mol. The van der Waals surface area contributed by atoms with Crippen molar-refractivity contribution in [2.45, 2.75) is 31.8 Å². The van der Waals surface area contributed by atoms with Crippen molar-refractivity contribution in [3.05, 3.63) is 35.4 Å². The van der Waals surface area contributed by atoms with E-state index in [0.29, 0.717) is 0 Å². The molecule has 2 aliphatic heterocycles. The Labute approximate surface area is 115 Å². The van der Waals surface area contributed by atoms with E-state index in [0.717, 1.165) is 18.2 Å². The molecular formula is C16H21N3. The van der Waals surface area contributed by atoms with E-state index in [9.17, 15) is 0 Å². The third-order valence-corrected chi connectivity index (χ3v) is 4.39. The number of likely N-dealkylation sites (tertiary alicyclic amines) is 2. The Balaban J connectivity index is 1.54. The molecule has 2 aliphatic rings. The zero-order valence-corrected chi connectivity index (χ0v) is 11.4. The number of nitrogens with zero attached hydrogens (tertiary/aromatic N) is 3. The van der Waals surface area contributed by atoms with Crippen LogP contribution in [0.15, 0.2) is 24.3 Å². The predicted molar refractivity (Wildman–Crippen MR) is 75.6 cm³/mol. The largest absolute Gasteiger partial charge is 0.299 e. The molecule has 1 aromatic rings. The van der Waals surface area contributed by atoms with E-state index in [1.54, 1.807) is 0 Å². The van der Waals surface area contributed by atoms with Crippen molar-refractivity contribution in [1.82, 2.24) is 9.80 Å². The molecule has 0 aliphatic carbocycles. The first kappa shape index (κ1) is 12.7. The molecule has 3 heteroatoms. The van der Waals surface area contributed by atoms with Crippen LogP contribution in [0.2, 0.25) is 0 Å². The van der Waals surface area contributed by atoms with Crippen LogP contribution in [0.3, 0.4) is 0 Å². The molecule has 0 saturated carbocycles. The van der Waals surface area contributed by atoms with Crippen molar-refractivity contribution >= 4 is 0 Å². The topological polar surface area (TPSA) is 30.3 Å². The molecule has 19 heavy (non-hydrogen) atoms. The van der Waals surface area contributed by atoms with Crippen LogP contribution < -0.4 is 0 Å². The van der Waals surface area contributed by atoms with E-state index in [1.807, 2.05) is 12.1 Å². The standard InChI is InChI=1S/C16H21N3/c17-11-14-3-5-15(6-4-14)12-18-10-7-16(13-18)19-8-1-2-9-19/h3-6,16H,1-2,7-10,12-13H2. The molecule has 1 aromatic carbocycles. The minimum atomic E-state index is 0.750. The second-order valence-electron chi connectivity index (χ2n) is 5.73. The lowest BCUT2D eigenvalue weighted by atomic mass is 10.1. The van der Waals surface area contributed by atoms with Crippen LogP contribution in [0.4, 0.5) is 0 Å². The van der Waals surface area contributed by atoms with Gasteiger partial charge in [0.05, 0.1) is 11.6 Å². The average molecular weight is 255 g/mol. The van der Waals surface area contributed by atoms with E-state index in [1.165, 1.54) is 51.0 Å². The van der Waals surface area contributed by atoms with Crippen molar-refractivity contribution in [3.63, 3.8) is 0 Å². The van der Waals surface area contributed by atoms with E-state index in [4.69, 9.17) is 5.26 Å². The molecule has 3 nitrogen and oxygen atoms in total. The van der Waals surface area contributed by atoms with Gasteiger partial charge in [0.2, 0.25) is 0 Å². The van der Waals surface area contributed by atoms with Gasteiger partial charge in [0.25, 0.3) is 0 Å². The molecule has 2 saturated heterocycles. The Hall–Kier alpha value is -1.37. The van der Waals surface area contributed by atoms with Gasteiger partial charge >= 0.3 is 0 Å². The number of hydrogen-bond acceptors (Lipinski definition) is 3. The van der Waals surface area contributed by atoms with Gasteiger partial charge in [0.15, 0.2) is 0 Å². The fraction of sp³-hybridized carbons (Fsp3) is 0.562. The quantitative estimate of drug-likeness (QED) is 0.829. The summed E-state index contributed by atoms with van der Waals surface area (Å²) in [5.41, 5.74) is 2.07. The van der Waals surface area contributed by atoms with Gasteiger partial charge in [-0.2, -0.15) is 5.26 Å². The molecule has 3 rings (SSSR count). The molecule has 100 valence electrons. The summed E-state index contributed by atoms with van der Waals surface area (Å²) in [6.45, 7) is 6.04. The molecule has 2 fully saturated rings. The van der Waals surface area contributed by atoms with Gasteiger partial charge in [0.1, 0.15) is 0 Å². The van der Waals surface area contributed by atoms with Crippen LogP contribution in [0.25, 0.3) is 0 Å². The number of hydrogen-bond donors (Lipinski definition) is 0. The highest BCUT2D eigenvalue weighted by atomic mass is 15.3. The lowest BCUT2D eigenvalue weighted by molar-refractivity contribution is 0.230. The first-order valence-corrected chi connectivity index (χ1v) is 7.30. The zero-order valence-electron chi connectivity index (χ0n) is 11.4. The van der Waals surface area contributed by atoms with E-state index < -0.39 is 0 Å². The molecule has 0 N–H and O–H groups in total. The summed E-state index contributed by atoms with van der Waals surface area (Å²) in [7, 11) is 0. The zero-order chi connectivity index (χ0) is 13.1. The molecule has 0 aromatic heterocycles. The maximum atomic E-state index is 8.80. The van der Waals surface area contributed by atoms with Crippen molar-refractivity contribution in [2.75, 3.05) is 26.2 Å². The maximum absolute atomic E-state index is 8.80. The van der Waals surface area contributed by atoms with Crippen molar-refractivity contribution in [3.8, 4) is 6.07 Å². The highest BCUT2D eigenvalue weighted by molar-refractivity contribution is 5.31. The lowest BCUT2D eigenvalue weighted by Gasteiger charge is -2.23. The van der Waals surface area contributed by atoms with Gasteiger partial charge < -0.3 is 0 Å². The van der Waals surface area contributed by atoms with E-state index in [2.05, 4.69) is 28.0 Å². The molecule has 2 heterocycles. The molecule has 0 amide bonds. The fourth-order valence-corrected chi connectivity index (χ4v) is 3.30. The number of benzene rings is 1. The summed E-state index contributed by atoms with van der Waals surface area (Å²) < 4.78 is 0. The summed E-state index contributed by atoms with van der Waals surface area (Å²) in [6, 6.07) is 11.0. The van der Waals surface area contributed by atoms with Crippen LogP contribution in [-0.4, -0.2) is 42.0 Å². The third-order valence-electron chi connectivity index (χ3n) is 4.39. The van der Waals surface area contributed by atoms with Crippen LogP contribution in [0.1, 0.15) is 30.4 Å². The van der Waals surface area contributed by atoms with Gasteiger partial charge in [0, 0.05) is 25.7 Å². The first-order chi connectivity index (χ1) is 9.35. The average Bonchev–Trinajstić information content (AvgIpc) is 3.10. The summed E-state index contributed by atoms with van der Waals surface area (Å²) in [4.78, 5) is 5.21. The minimum absolute atomic E-state index is 0.750. The lowest BCUT2D eigenvalue weighted by Crippen LogP contribution is -2.35. The Morgan fingerprint density at radius 3 is 2.53 bits per heavy atom. The van der Waals surface area contributed by atoms with E-state index >= 15 is 0 Å². The monoisotopic (exact) mass is 255 g/mol. The normalized spacial score (nSPS) is 24.7. The van der Waals surface area contributed by atoms with Gasteiger partial charge in [-0.1, -0.05) is 12.1 Å². The summed E-state index contributed by atoms with van der Waals surface area (Å²) in [6.07, 6.45) is 4.08. The summed E-state index contributed by atoms with van der Waals surface area (Å²) in [5, 5.41) is 8.80. The fourth-order valence-electron chi connectivity index (χ4n) is 3.30. The molecule has 1 atom stereocenters. The van der Waals surface area contributed by atoms with E-state index in [-0.39, 0.29) is 0 Å². The van der Waals surface area contributed by atoms with Crippen molar-refractivity contribution in [1.29, 1.82) is 5.26 Å². The van der Waals surface area contributed by atoms with Crippen LogP contribution in [0, 0.1) is 11.3 Å². The second-order valence-corrected chi connectivity index (χ2v) is 5.73. The SMILES string of the molecule is N#Cc1ccc(CN2CCC(N3CCCC3)C2)cc1. The van der Waals surface area contributed by atoms with Gasteiger partial charge in [-0.3, -0.25) is 9.80 Å². The number of nitriles is 1. The molecule has 0 spiro atoms. The Morgan fingerprint density at radius 1 is 1.11 bits per heavy atom. The predicted octanol–water partition coefficient (Wildman–Crippen LogP) is 2.23. The van der Waals surface area contributed by atoms with Gasteiger partial charge in [-0.15, -0.1) is 0 Å². The van der Waals surface area contributed by atoms with Crippen LogP contribution in [0.5, 0.6) is 0 Å². The molecule has 1 unspecified atom stereocenters. The van der Waals surface area contributed by atoms with Crippen molar-refractivity contribution in [2.24, 2.45) is 0 Å². The minimum Gasteiger partial charge on any atom is -0.299 e. The summed E-state index contributed by atoms with van der Waals surface area (Å²) >= 11 is 0. The highest BCUT2D eigenvalue weighted by Crippen LogP contribution is 2.21. The van der Waals surface area contributed by atoms with Gasteiger partial charge in [-0.25, -0.2) is 0 Å². The highest BCUT2D eigenvalue weighted by Gasteiger charge is 2.28. The molecule has 0 radical (unpaired) electrons. The van der Waals surface area contributed by atoms with Gasteiger partial charge in [-0.05, 0) is 50.0 Å². The maximum Gasteiger partial charge on any atom is 0.0991 e. The van der Waals surface area contributed by atoms with Crippen LogP contribution >= 0.6 is 0 Å². The van der Waals surface area contributed by atoms with Crippen LogP contribution in [-0.2, 0) is 6.54 Å². The Kier molecular flexibility index (Phi) is 3.82. The Bertz CT molecular complexity index is 454. The smallest absolute Gasteiger partial charge is 0.0991 e. The number of rotatable bonds is 3. The Morgan fingerprint density at radius 2 is 1.84 bits per heavy atom. The van der Waals surface area contributed by atoms with Crippen molar-refractivity contribution < 1.29 is 0 Å². The molecule has 0 bridgehead atoms. The first-order valence-electron chi connectivity index (χ1n) is 7.30. The third kappa shape index (κ3) is 2.97. The summed E-state index contributed by atoms with van der Waals surface area (Å²) in [5.74, 6) is 0. The second kappa shape index (κ2) is 5.73.